The zero-order valence-corrected chi connectivity index (χ0v) is 13.6. The van der Waals surface area contributed by atoms with E-state index in [1.54, 1.807) is 0 Å². The lowest BCUT2D eigenvalue weighted by Crippen LogP contribution is -2.25. The van der Waals surface area contributed by atoms with Gasteiger partial charge in [0.2, 0.25) is 5.43 Å². The van der Waals surface area contributed by atoms with Gasteiger partial charge in [0.15, 0.2) is 0 Å². The van der Waals surface area contributed by atoms with Gasteiger partial charge in [-0.2, -0.15) is 0 Å². The lowest BCUT2D eigenvalue weighted by Gasteiger charge is -2.24. The molecule has 7 heteroatoms. The number of hydrogen-bond donors (Lipinski definition) is 2. The van der Waals surface area contributed by atoms with Crippen molar-refractivity contribution in [3.8, 4) is 0 Å². The van der Waals surface area contributed by atoms with Crippen molar-refractivity contribution < 1.29 is 19.4 Å². The predicted molar refractivity (Wildman–Crippen MR) is 83.8 cm³/mol. The molecule has 0 saturated heterocycles. The second kappa shape index (κ2) is 6.18. The normalized spacial score (nSPS) is 12.8. The molecule has 1 aromatic carbocycles. The van der Waals surface area contributed by atoms with E-state index in [-0.39, 0.29) is 27.9 Å². The minimum atomic E-state index is -1.36. The summed E-state index contributed by atoms with van der Waals surface area (Å²) < 4.78 is 15.4. The third kappa shape index (κ3) is 2.78. The summed E-state index contributed by atoms with van der Waals surface area (Å²) in [6, 6.07) is 1.96. The monoisotopic (exact) mass is 371 g/mol. The number of nitrogens with zero attached hydrogens (tertiary/aromatic N) is 1. The van der Waals surface area contributed by atoms with Gasteiger partial charge in [0.05, 0.1) is 22.6 Å². The summed E-state index contributed by atoms with van der Waals surface area (Å²) in [5, 5.41) is 18.9. The lowest BCUT2D eigenvalue weighted by atomic mass is 10.0. The quantitative estimate of drug-likeness (QED) is 0.865. The molecule has 22 heavy (non-hydrogen) atoms. The van der Waals surface area contributed by atoms with Crippen LogP contribution in [0.3, 0.4) is 0 Å². The number of carbonyl (C=O) groups is 1. The van der Waals surface area contributed by atoms with E-state index < -0.39 is 28.8 Å². The summed E-state index contributed by atoms with van der Waals surface area (Å²) in [6.45, 7) is 3.44. The minimum Gasteiger partial charge on any atom is -0.477 e. The number of pyridine rings is 1. The molecular weight excluding hydrogens is 357 g/mol. The molecule has 5 nitrogen and oxygen atoms in total. The maximum Gasteiger partial charge on any atom is 0.341 e. The van der Waals surface area contributed by atoms with E-state index in [2.05, 4.69) is 15.9 Å². The molecule has 0 aliphatic heterocycles. The number of aromatic carboxylic acids is 1. The van der Waals surface area contributed by atoms with E-state index in [9.17, 15) is 24.2 Å². The highest BCUT2D eigenvalue weighted by Gasteiger charge is 2.22. The summed E-state index contributed by atoms with van der Waals surface area (Å²) in [6.07, 6.45) is 1.17. The number of rotatable bonds is 4. The zero-order chi connectivity index (χ0) is 16.6. The van der Waals surface area contributed by atoms with Crippen LogP contribution in [0.1, 0.15) is 30.2 Å². The summed E-state index contributed by atoms with van der Waals surface area (Å²) >= 11 is 3.00. The average molecular weight is 372 g/mol. The van der Waals surface area contributed by atoms with Crippen molar-refractivity contribution in [1.29, 1.82) is 0 Å². The third-order valence-corrected chi connectivity index (χ3v) is 4.23. The van der Waals surface area contributed by atoms with Crippen LogP contribution in [0.5, 0.6) is 0 Å². The Morgan fingerprint density at radius 1 is 1.41 bits per heavy atom. The highest BCUT2D eigenvalue weighted by atomic mass is 79.9. The summed E-state index contributed by atoms with van der Waals surface area (Å²) in [7, 11) is 0. The Labute approximate surface area is 134 Å². The SMILES string of the molecule is CC(C)[C@@H](CO)n1cc(C(=O)O)c(=O)c2cc(Br)c(F)cc21. The van der Waals surface area contributed by atoms with Gasteiger partial charge in [-0.05, 0) is 34.0 Å². The fraction of sp³-hybridized carbons (Fsp3) is 0.333. The van der Waals surface area contributed by atoms with Crippen LogP contribution in [-0.2, 0) is 0 Å². The van der Waals surface area contributed by atoms with Gasteiger partial charge < -0.3 is 14.8 Å². The van der Waals surface area contributed by atoms with Crippen molar-refractivity contribution in [2.75, 3.05) is 6.61 Å². The van der Waals surface area contributed by atoms with Crippen molar-refractivity contribution in [2.45, 2.75) is 19.9 Å². The molecule has 0 bridgehead atoms. The number of aliphatic hydroxyl groups excluding tert-OH is 1. The summed E-state index contributed by atoms with van der Waals surface area (Å²) in [5.74, 6) is -1.96. The van der Waals surface area contributed by atoms with E-state index in [0.717, 1.165) is 6.07 Å². The van der Waals surface area contributed by atoms with Crippen molar-refractivity contribution in [2.24, 2.45) is 5.92 Å². The number of benzene rings is 1. The number of hydrogen-bond acceptors (Lipinski definition) is 3. The van der Waals surface area contributed by atoms with Crippen LogP contribution in [0.2, 0.25) is 0 Å². The van der Waals surface area contributed by atoms with Crippen LogP contribution in [0.4, 0.5) is 4.39 Å². The second-order valence-corrected chi connectivity index (χ2v) is 6.22. The fourth-order valence-corrected chi connectivity index (χ4v) is 2.73. The average Bonchev–Trinajstić information content (AvgIpc) is 2.43. The molecule has 1 atom stereocenters. The number of halogens is 2. The molecule has 0 fully saturated rings. The number of carboxylic acids is 1. The first kappa shape index (κ1) is 16.6. The molecule has 0 unspecified atom stereocenters. The smallest absolute Gasteiger partial charge is 0.341 e. The highest BCUT2D eigenvalue weighted by molar-refractivity contribution is 9.10. The van der Waals surface area contributed by atoms with Gasteiger partial charge in [0, 0.05) is 11.6 Å². The molecule has 0 amide bonds. The van der Waals surface area contributed by atoms with E-state index in [1.165, 1.54) is 16.8 Å². The van der Waals surface area contributed by atoms with E-state index >= 15 is 0 Å². The topological polar surface area (TPSA) is 79.5 Å². The number of carboxylic acid groups (broad SMARTS) is 1. The minimum absolute atomic E-state index is 0.0379. The molecule has 1 heterocycles. The molecule has 2 rings (SSSR count). The van der Waals surface area contributed by atoms with Crippen LogP contribution in [0.25, 0.3) is 10.9 Å². The van der Waals surface area contributed by atoms with Crippen LogP contribution in [0, 0.1) is 11.7 Å². The summed E-state index contributed by atoms with van der Waals surface area (Å²) in [5.41, 5.74) is -0.839. The Hall–Kier alpha value is -1.73. The first-order valence-corrected chi connectivity index (χ1v) is 7.45. The molecule has 0 aliphatic rings. The zero-order valence-electron chi connectivity index (χ0n) is 12.0. The van der Waals surface area contributed by atoms with Crippen LogP contribution >= 0.6 is 15.9 Å². The summed E-state index contributed by atoms with van der Waals surface area (Å²) in [4.78, 5) is 23.6. The van der Waals surface area contributed by atoms with Gasteiger partial charge in [0.25, 0.3) is 0 Å². The fourth-order valence-electron chi connectivity index (χ4n) is 2.39. The molecule has 0 saturated carbocycles. The maximum absolute atomic E-state index is 13.8. The molecule has 0 spiro atoms. The molecule has 0 radical (unpaired) electrons. The number of fused-ring (bicyclic) bond motifs is 1. The molecular formula is C15H15BrFNO4. The van der Waals surface area contributed by atoms with Crippen molar-refractivity contribution >= 4 is 32.8 Å². The van der Waals surface area contributed by atoms with Crippen LogP contribution < -0.4 is 5.43 Å². The second-order valence-electron chi connectivity index (χ2n) is 5.36. The molecule has 0 aliphatic carbocycles. The molecule has 118 valence electrons. The van der Waals surface area contributed by atoms with Gasteiger partial charge in [-0.1, -0.05) is 13.8 Å². The van der Waals surface area contributed by atoms with Gasteiger partial charge in [0.1, 0.15) is 11.4 Å². The van der Waals surface area contributed by atoms with Crippen LogP contribution in [-0.4, -0.2) is 27.4 Å². The van der Waals surface area contributed by atoms with Gasteiger partial charge >= 0.3 is 5.97 Å². The predicted octanol–water partition coefficient (Wildman–Crippen LogP) is 2.79. The van der Waals surface area contributed by atoms with Gasteiger partial charge in [-0.15, -0.1) is 0 Å². The Balaban J connectivity index is 2.95. The standard InChI is InChI=1S/C15H15BrFNO4/c1-7(2)13(6-19)18-5-9(15(21)22)14(20)8-3-10(16)11(17)4-12(8)18/h3-5,7,13,19H,6H2,1-2H3,(H,21,22)/t13-/m1/s1. The van der Waals surface area contributed by atoms with Crippen molar-refractivity contribution in [3.05, 3.63) is 44.4 Å². The van der Waals surface area contributed by atoms with Gasteiger partial charge in [-0.25, -0.2) is 9.18 Å². The van der Waals surface area contributed by atoms with E-state index in [0.29, 0.717) is 0 Å². The highest BCUT2D eigenvalue weighted by Crippen LogP contribution is 2.26. The number of aliphatic hydroxyl groups is 1. The van der Waals surface area contributed by atoms with Crippen molar-refractivity contribution in [1.82, 2.24) is 4.57 Å². The van der Waals surface area contributed by atoms with Crippen LogP contribution in [0.15, 0.2) is 27.6 Å². The Morgan fingerprint density at radius 2 is 2.05 bits per heavy atom. The first-order valence-electron chi connectivity index (χ1n) is 6.66. The maximum atomic E-state index is 13.8. The largest absolute Gasteiger partial charge is 0.477 e. The Morgan fingerprint density at radius 3 is 2.55 bits per heavy atom. The Kier molecular flexibility index (Phi) is 4.67. The van der Waals surface area contributed by atoms with E-state index in [4.69, 9.17) is 0 Å². The number of aromatic nitrogens is 1. The van der Waals surface area contributed by atoms with Gasteiger partial charge in [-0.3, -0.25) is 4.79 Å². The van der Waals surface area contributed by atoms with Crippen molar-refractivity contribution in [3.63, 3.8) is 0 Å². The first-order chi connectivity index (χ1) is 10.3. The Bertz CT molecular complexity index is 800. The molecule has 1 aromatic heterocycles. The third-order valence-electron chi connectivity index (χ3n) is 3.62. The van der Waals surface area contributed by atoms with E-state index in [1.807, 2.05) is 13.8 Å². The molecule has 2 aromatic rings. The lowest BCUT2D eigenvalue weighted by molar-refractivity contribution is 0.0694. The molecule has 2 N–H and O–H groups in total.